The number of fused-ring (bicyclic) bond motifs is 1. The summed E-state index contributed by atoms with van der Waals surface area (Å²) < 4.78 is 0. The predicted molar refractivity (Wildman–Crippen MR) is 46.6 cm³/mol. The van der Waals surface area contributed by atoms with Gasteiger partial charge in [-0.3, -0.25) is 5.01 Å². The Kier molecular flexibility index (Phi) is 1.84. The maximum Gasteiger partial charge on any atom is 0.0391 e. The molecular formula is C9H16N2. The van der Waals surface area contributed by atoms with Crippen molar-refractivity contribution in [3.8, 4) is 0 Å². The van der Waals surface area contributed by atoms with E-state index in [0.717, 1.165) is 11.8 Å². The molecule has 0 spiro atoms. The third kappa shape index (κ3) is 1.26. The Morgan fingerprint density at radius 3 is 2.09 bits per heavy atom. The Hall–Kier alpha value is -0.530. The summed E-state index contributed by atoms with van der Waals surface area (Å²) in [6.07, 6.45) is 5.73. The van der Waals surface area contributed by atoms with Gasteiger partial charge in [-0.05, 0) is 24.7 Å². The molecule has 0 aromatic rings. The van der Waals surface area contributed by atoms with Crippen LogP contribution in [0.25, 0.3) is 0 Å². The van der Waals surface area contributed by atoms with Crippen LogP contribution in [0.2, 0.25) is 0 Å². The van der Waals surface area contributed by atoms with Crippen molar-refractivity contribution in [2.45, 2.75) is 25.7 Å². The lowest BCUT2D eigenvalue weighted by Gasteiger charge is -2.22. The van der Waals surface area contributed by atoms with E-state index in [1.165, 1.54) is 38.8 Å². The van der Waals surface area contributed by atoms with Gasteiger partial charge in [0.15, 0.2) is 0 Å². The molecule has 0 bridgehead atoms. The largest absolute Gasteiger partial charge is 0.297 e. The van der Waals surface area contributed by atoms with Crippen LogP contribution in [0.4, 0.5) is 0 Å². The van der Waals surface area contributed by atoms with Crippen molar-refractivity contribution in [1.82, 2.24) is 5.01 Å². The molecule has 0 aromatic heterocycles. The molecule has 1 saturated carbocycles. The molecule has 1 aliphatic heterocycles. The van der Waals surface area contributed by atoms with Gasteiger partial charge in [0.1, 0.15) is 0 Å². The molecule has 0 radical (unpaired) electrons. The third-order valence-electron chi connectivity index (χ3n) is 3.16. The SMILES string of the molecule is C=NN1CC2CCCCC2C1. The molecule has 0 amide bonds. The quantitative estimate of drug-likeness (QED) is 0.522. The van der Waals surface area contributed by atoms with E-state index in [9.17, 15) is 0 Å². The van der Waals surface area contributed by atoms with Crippen LogP contribution in [0, 0.1) is 11.8 Å². The van der Waals surface area contributed by atoms with Gasteiger partial charge in [-0.1, -0.05) is 12.8 Å². The second-order valence-corrected chi connectivity index (χ2v) is 3.82. The first-order valence-electron chi connectivity index (χ1n) is 4.62. The summed E-state index contributed by atoms with van der Waals surface area (Å²) in [6.45, 7) is 5.93. The van der Waals surface area contributed by atoms with E-state index in [1.54, 1.807) is 0 Å². The van der Waals surface area contributed by atoms with Gasteiger partial charge >= 0.3 is 0 Å². The summed E-state index contributed by atoms with van der Waals surface area (Å²) in [5.74, 6) is 1.88. The minimum Gasteiger partial charge on any atom is -0.297 e. The lowest BCUT2D eigenvalue weighted by Crippen LogP contribution is -2.16. The Morgan fingerprint density at radius 2 is 1.64 bits per heavy atom. The standard InChI is InChI=1S/C9H16N2/c1-10-11-6-8-4-2-3-5-9(8)7-11/h8-9H,1-7H2. The second-order valence-electron chi connectivity index (χ2n) is 3.82. The highest BCUT2D eigenvalue weighted by Crippen LogP contribution is 2.35. The molecule has 2 aliphatic rings. The Morgan fingerprint density at radius 1 is 1.09 bits per heavy atom. The van der Waals surface area contributed by atoms with Crippen LogP contribution in [0.15, 0.2) is 5.10 Å². The highest BCUT2D eigenvalue weighted by atomic mass is 15.5. The molecule has 2 atom stereocenters. The number of hydrazone groups is 1. The van der Waals surface area contributed by atoms with Gasteiger partial charge in [0, 0.05) is 19.8 Å². The fourth-order valence-electron chi connectivity index (χ4n) is 2.50. The van der Waals surface area contributed by atoms with E-state index >= 15 is 0 Å². The summed E-state index contributed by atoms with van der Waals surface area (Å²) >= 11 is 0. The zero-order valence-corrected chi connectivity index (χ0v) is 7.00. The molecule has 2 nitrogen and oxygen atoms in total. The van der Waals surface area contributed by atoms with Crippen molar-refractivity contribution < 1.29 is 0 Å². The summed E-state index contributed by atoms with van der Waals surface area (Å²) in [5, 5.41) is 6.13. The van der Waals surface area contributed by atoms with E-state index in [2.05, 4.69) is 16.8 Å². The van der Waals surface area contributed by atoms with Crippen LogP contribution in [-0.2, 0) is 0 Å². The smallest absolute Gasteiger partial charge is 0.0391 e. The monoisotopic (exact) mass is 152 g/mol. The molecule has 0 N–H and O–H groups in total. The molecule has 2 heteroatoms. The van der Waals surface area contributed by atoms with Crippen molar-refractivity contribution in [2.24, 2.45) is 16.9 Å². The van der Waals surface area contributed by atoms with Crippen LogP contribution >= 0.6 is 0 Å². The second kappa shape index (κ2) is 2.84. The first-order valence-corrected chi connectivity index (χ1v) is 4.62. The minimum absolute atomic E-state index is 0.939. The molecule has 1 aliphatic carbocycles. The normalized spacial score (nSPS) is 36.9. The molecule has 2 rings (SSSR count). The number of hydrogen-bond donors (Lipinski definition) is 0. The van der Waals surface area contributed by atoms with E-state index < -0.39 is 0 Å². The van der Waals surface area contributed by atoms with Crippen molar-refractivity contribution in [3.05, 3.63) is 0 Å². The summed E-state index contributed by atoms with van der Waals surface area (Å²) in [7, 11) is 0. The zero-order valence-electron chi connectivity index (χ0n) is 7.00. The van der Waals surface area contributed by atoms with Gasteiger partial charge < -0.3 is 0 Å². The average Bonchev–Trinajstić information content (AvgIpc) is 2.46. The van der Waals surface area contributed by atoms with Crippen LogP contribution in [-0.4, -0.2) is 24.8 Å². The first-order chi connectivity index (χ1) is 5.40. The fourth-order valence-corrected chi connectivity index (χ4v) is 2.50. The van der Waals surface area contributed by atoms with Gasteiger partial charge in [0.25, 0.3) is 0 Å². The number of rotatable bonds is 1. The molecule has 2 fully saturated rings. The number of hydrogen-bond acceptors (Lipinski definition) is 2. The Balaban J connectivity index is 1.97. The van der Waals surface area contributed by atoms with Gasteiger partial charge in [-0.2, -0.15) is 5.10 Å². The number of nitrogens with zero attached hydrogens (tertiary/aromatic N) is 2. The van der Waals surface area contributed by atoms with Crippen molar-refractivity contribution in [2.75, 3.05) is 13.1 Å². The van der Waals surface area contributed by atoms with Crippen molar-refractivity contribution >= 4 is 6.72 Å². The maximum atomic E-state index is 4.00. The van der Waals surface area contributed by atoms with Crippen LogP contribution in [0.5, 0.6) is 0 Å². The molecule has 11 heavy (non-hydrogen) atoms. The van der Waals surface area contributed by atoms with E-state index in [4.69, 9.17) is 0 Å². The molecule has 1 heterocycles. The highest BCUT2D eigenvalue weighted by Gasteiger charge is 2.33. The summed E-state index contributed by atoms with van der Waals surface area (Å²) in [6, 6.07) is 0. The molecular weight excluding hydrogens is 136 g/mol. The van der Waals surface area contributed by atoms with Crippen LogP contribution in [0.1, 0.15) is 25.7 Å². The van der Waals surface area contributed by atoms with E-state index in [-0.39, 0.29) is 0 Å². The Labute approximate surface area is 68.3 Å². The van der Waals surface area contributed by atoms with Crippen LogP contribution < -0.4 is 0 Å². The Bertz CT molecular complexity index is 142. The zero-order chi connectivity index (χ0) is 7.68. The van der Waals surface area contributed by atoms with Gasteiger partial charge in [-0.25, -0.2) is 0 Å². The van der Waals surface area contributed by atoms with Gasteiger partial charge in [-0.15, -0.1) is 0 Å². The first kappa shape index (κ1) is 7.14. The predicted octanol–water partition coefficient (Wildman–Crippen LogP) is 1.72. The average molecular weight is 152 g/mol. The van der Waals surface area contributed by atoms with Crippen LogP contribution in [0.3, 0.4) is 0 Å². The molecule has 1 saturated heterocycles. The lowest BCUT2D eigenvalue weighted by molar-refractivity contribution is 0.299. The minimum atomic E-state index is 0.939. The fraction of sp³-hybridized carbons (Fsp3) is 0.889. The lowest BCUT2D eigenvalue weighted by atomic mass is 9.82. The summed E-state index contributed by atoms with van der Waals surface area (Å²) in [4.78, 5) is 0. The van der Waals surface area contributed by atoms with E-state index in [1.807, 2.05) is 0 Å². The van der Waals surface area contributed by atoms with E-state index in [0.29, 0.717) is 0 Å². The van der Waals surface area contributed by atoms with Crippen molar-refractivity contribution in [1.29, 1.82) is 0 Å². The van der Waals surface area contributed by atoms with Crippen molar-refractivity contribution in [3.63, 3.8) is 0 Å². The molecule has 2 unspecified atom stereocenters. The van der Waals surface area contributed by atoms with Gasteiger partial charge in [0.2, 0.25) is 0 Å². The molecule has 0 aromatic carbocycles. The van der Waals surface area contributed by atoms with Gasteiger partial charge in [0.05, 0.1) is 0 Å². The highest BCUT2D eigenvalue weighted by molar-refractivity contribution is 5.22. The molecule has 62 valence electrons. The maximum absolute atomic E-state index is 4.00. The third-order valence-corrected chi connectivity index (χ3v) is 3.16. The summed E-state index contributed by atoms with van der Waals surface area (Å²) in [5.41, 5.74) is 0. The topological polar surface area (TPSA) is 15.6 Å².